The first-order valence-corrected chi connectivity index (χ1v) is 6.17. The van der Waals surface area contributed by atoms with Gasteiger partial charge in [0.2, 0.25) is 5.91 Å². The van der Waals surface area contributed by atoms with Crippen molar-refractivity contribution in [2.45, 2.75) is 39.0 Å². The van der Waals surface area contributed by atoms with Crippen LogP contribution in [0.3, 0.4) is 0 Å². The summed E-state index contributed by atoms with van der Waals surface area (Å²) in [6, 6.07) is 0. The molecule has 0 saturated heterocycles. The number of ether oxygens (including phenoxy) is 2. The van der Waals surface area contributed by atoms with Gasteiger partial charge in [-0.05, 0) is 19.3 Å². The zero-order valence-corrected chi connectivity index (χ0v) is 10.6. The predicted octanol–water partition coefficient (Wildman–Crippen LogP) is 1.74. The summed E-state index contributed by atoms with van der Waals surface area (Å²) in [5.74, 6) is -0.0733. The summed E-state index contributed by atoms with van der Waals surface area (Å²) in [6.45, 7) is 4.64. The van der Waals surface area contributed by atoms with Gasteiger partial charge in [0.05, 0.1) is 0 Å². The van der Waals surface area contributed by atoms with E-state index in [0.29, 0.717) is 6.61 Å². The Balaban J connectivity index is 2.96. The summed E-state index contributed by atoms with van der Waals surface area (Å²) in [4.78, 5) is 10.8. The minimum Gasteiger partial charge on any atom is -0.381 e. The van der Waals surface area contributed by atoms with E-state index in [1.807, 2.05) is 0 Å². The number of rotatable bonds is 11. The number of amides is 1. The SMILES string of the molecule is CCCCCOCCCCOCC(=O)NC. The zero-order valence-electron chi connectivity index (χ0n) is 10.6. The number of hydrogen-bond donors (Lipinski definition) is 1. The normalized spacial score (nSPS) is 10.4. The van der Waals surface area contributed by atoms with Gasteiger partial charge in [0.15, 0.2) is 0 Å². The minimum absolute atomic E-state index is 0.0733. The molecule has 4 heteroatoms. The summed E-state index contributed by atoms with van der Waals surface area (Å²) in [5, 5.41) is 2.51. The van der Waals surface area contributed by atoms with Crippen LogP contribution in [0.25, 0.3) is 0 Å². The molecule has 0 aliphatic rings. The Hall–Kier alpha value is -0.610. The molecule has 0 unspecified atom stereocenters. The molecule has 0 fully saturated rings. The molecule has 0 aromatic rings. The van der Waals surface area contributed by atoms with Gasteiger partial charge in [-0.3, -0.25) is 4.79 Å². The van der Waals surface area contributed by atoms with Gasteiger partial charge < -0.3 is 14.8 Å². The molecule has 0 rings (SSSR count). The summed E-state index contributed by atoms with van der Waals surface area (Å²) < 4.78 is 10.6. The van der Waals surface area contributed by atoms with Crippen molar-refractivity contribution in [2.75, 3.05) is 33.5 Å². The van der Waals surface area contributed by atoms with Gasteiger partial charge in [-0.2, -0.15) is 0 Å². The van der Waals surface area contributed by atoms with Crippen molar-refractivity contribution in [3.05, 3.63) is 0 Å². The Morgan fingerprint density at radius 3 is 2.12 bits per heavy atom. The Labute approximate surface area is 98.7 Å². The third-order valence-corrected chi connectivity index (χ3v) is 2.23. The first-order valence-electron chi connectivity index (χ1n) is 6.17. The van der Waals surface area contributed by atoms with Crippen LogP contribution in [0.1, 0.15) is 39.0 Å². The van der Waals surface area contributed by atoms with Crippen LogP contribution < -0.4 is 5.32 Å². The van der Waals surface area contributed by atoms with Gasteiger partial charge in [0.1, 0.15) is 6.61 Å². The molecule has 0 radical (unpaired) electrons. The fourth-order valence-corrected chi connectivity index (χ4v) is 1.20. The maximum Gasteiger partial charge on any atom is 0.245 e. The van der Waals surface area contributed by atoms with Crippen LogP contribution in [0.15, 0.2) is 0 Å². The van der Waals surface area contributed by atoms with Crippen LogP contribution >= 0.6 is 0 Å². The molecule has 16 heavy (non-hydrogen) atoms. The van der Waals surface area contributed by atoms with E-state index in [-0.39, 0.29) is 12.5 Å². The average Bonchev–Trinajstić information content (AvgIpc) is 2.31. The van der Waals surface area contributed by atoms with E-state index in [4.69, 9.17) is 9.47 Å². The molecule has 0 aliphatic heterocycles. The second-order valence-corrected chi connectivity index (χ2v) is 3.75. The average molecular weight is 231 g/mol. The van der Waals surface area contributed by atoms with Crippen molar-refractivity contribution >= 4 is 5.91 Å². The highest BCUT2D eigenvalue weighted by atomic mass is 16.5. The quantitative estimate of drug-likeness (QED) is 0.551. The highest BCUT2D eigenvalue weighted by Gasteiger charge is 1.96. The van der Waals surface area contributed by atoms with Gasteiger partial charge >= 0.3 is 0 Å². The standard InChI is InChI=1S/C12H25NO3/c1-3-4-5-8-15-9-6-7-10-16-11-12(14)13-2/h3-11H2,1-2H3,(H,13,14). The lowest BCUT2D eigenvalue weighted by molar-refractivity contribution is -0.125. The zero-order chi connectivity index (χ0) is 12.1. The molecule has 0 bridgehead atoms. The molecule has 0 aliphatic carbocycles. The molecule has 0 heterocycles. The Morgan fingerprint density at radius 1 is 1.00 bits per heavy atom. The number of carbonyl (C=O) groups is 1. The maximum atomic E-state index is 10.8. The van der Waals surface area contributed by atoms with E-state index < -0.39 is 0 Å². The fourth-order valence-electron chi connectivity index (χ4n) is 1.20. The van der Waals surface area contributed by atoms with Crippen molar-refractivity contribution in [1.29, 1.82) is 0 Å². The van der Waals surface area contributed by atoms with Crippen molar-refractivity contribution in [3.63, 3.8) is 0 Å². The summed E-state index contributed by atoms with van der Waals surface area (Å²) in [6.07, 6.45) is 5.58. The van der Waals surface area contributed by atoms with Crippen LogP contribution in [0.4, 0.5) is 0 Å². The summed E-state index contributed by atoms with van der Waals surface area (Å²) >= 11 is 0. The van der Waals surface area contributed by atoms with E-state index in [9.17, 15) is 4.79 Å². The monoisotopic (exact) mass is 231 g/mol. The van der Waals surface area contributed by atoms with Gasteiger partial charge in [0, 0.05) is 26.9 Å². The second-order valence-electron chi connectivity index (χ2n) is 3.75. The molecule has 1 N–H and O–H groups in total. The lowest BCUT2D eigenvalue weighted by Gasteiger charge is -2.04. The molecular weight excluding hydrogens is 206 g/mol. The number of likely N-dealkylation sites (N-methyl/N-ethyl adjacent to an activating group) is 1. The van der Waals surface area contributed by atoms with E-state index in [2.05, 4.69) is 12.2 Å². The Bertz CT molecular complexity index is 162. The molecule has 0 aromatic carbocycles. The van der Waals surface area contributed by atoms with Crippen molar-refractivity contribution < 1.29 is 14.3 Å². The molecule has 0 aromatic heterocycles. The number of carbonyl (C=O) groups excluding carboxylic acids is 1. The molecule has 96 valence electrons. The lowest BCUT2D eigenvalue weighted by Crippen LogP contribution is -2.23. The number of hydrogen-bond acceptors (Lipinski definition) is 3. The molecule has 1 amide bonds. The van der Waals surface area contributed by atoms with Gasteiger partial charge in [-0.1, -0.05) is 19.8 Å². The van der Waals surface area contributed by atoms with Crippen LogP contribution in [-0.4, -0.2) is 39.4 Å². The third-order valence-electron chi connectivity index (χ3n) is 2.23. The van der Waals surface area contributed by atoms with Gasteiger partial charge in [-0.15, -0.1) is 0 Å². The molecule has 0 atom stereocenters. The predicted molar refractivity (Wildman–Crippen MR) is 64.5 cm³/mol. The first-order chi connectivity index (χ1) is 7.81. The topological polar surface area (TPSA) is 47.6 Å². The molecule has 0 spiro atoms. The van der Waals surface area contributed by atoms with E-state index in [0.717, 1.165) is 32.5 Å². The lowest BCUT2D eigenvalue weighted by atomic mass is 10.3. The van der Waals surface area contributed by atoms with Crippen LogP contribution in [0.2, 0.25) is 0 Å². The highest BCUT2D eigenvalue weighted by molar-refractivity contribution is 5.76. The van der Waals surface area contributed by atoms with Crippen LogP contribution in [0, 0.1) is 0 Å². The van der Waals surface area contributed by atoms with Crippen molar-refractivity contribution in [3.8, 4) is 0 Å². The third kappa shape index (κ3) is 11.5. The van der Waals surface area contributed by atoms with Crippen molar-refractivity contribution in [1.82, 2.24) is 5.32 Å². The fraction of sp³-hybridized carbons (Fsp3) is 0.917. The largest absolute Gasteiger partial charge is 0.381 e. The first kappa shape index (κ1) is 15.4. The minimum atomic E-state index is -0.0733. The maximum absolute atomic E-state index is 10.8. The van der Waals surface area contributed by atoms with Crippen LogP contribution in [0.5, 0.6) is 0 Å². The Morgan fingerprint density at radius 2 is 1.56 bits per heavy atom. The summed E-state index contributed by atoms with van der Waals surface area (Å²) in [7, 11) is 1.61. The number of nitrogens with one attached hydrogen (secondary N) is 1. The highest BCUT2D eigenvalue weighted by Crippen LogP contribution is 1.96. The molecule has 4 nitrogen and oxygen atoms in total. The smallest absolute Gasteiger partial charge is 0.245 e. The number of unbranched alkanes of at least 4 members (excludes halogenated alkanes) is 3. The van der Waals surface area contributed by atoms with Gasteiger partial charge in [-0.25, -0.2) is 0 Å². The molecule has 0 saturated carbocycles. The summed E-state index contributed by atoms with van der Waals surface area (Å²) in [5.41, 5.74) is 0. The van der Waals surface area contributed by atoms with E-state index in [1.165, 1.54) is 12.8 Å². The van der Waals surface area contributed by atoms with Gasteiger partial charge in [0.25, 0.3) is 0 Å². The molecular formula is C12H25NO3. The van der Waals surface area contributed by atoms with E-state index in [1.54, 1.807) is 7.05 Å². The Kier molecular flexibility index (Phi) is 12.0. The van der Waals surface area contributed by atoms with Crippen LogP contribution in [-0.2, 0) is 14.3 Å². The van der Waals surface area contributed by atoms with E-state index >= 15 is 0 Å². The second kappa shape index (κ2) is 12.5. The van der Waals surface area contributed by atoms with Crippen molar-refractivity contribution in [2.24, 2.45) is 0 Å².